The van der Waals surface area contributed by atoms with E-state index in [2.05, 4.69) is 37.1 Å². The summed E-state index contributed by atoms with van der Waals surface area (Å²) in [6.45, 7) is 7.24. The van der Waals surface area contributed by atoms with Crippen molar-refractivity contribution >= 4 is 5.69 Å². The maximum Gasteiger partial charge on any atom is 0.237 e. The Morgan fingerprint density at radius 1 is 1.37 bits per heavy atom. The number of aromatic nitrogens is 1. The first kappa shape index (κ1) is 12.8. The molecule has 0 radical (unpaired) electrons. The third kappa shape index (κ3) is 1.82. The van der Waals surface area contributed by atoms with Crippen molar-refractivity contribution < 1.29 is 4.74 Å². The molecule has 2 aliphatic carbocycles. The van der Waals surface area contributed by atoms with Gasteiger partial charge in [0, 0.05) is 12.2 Å². The highest BCUT2D eigenvalue weighted by molar-refractivity contribution is 5.53. The summed E-state index contributed by atoms with van der Waals surface area (Å²) in [4.78, 5) is 4.29. The molecule has 19 heavy (non-hydrogen) atoms. The fraction of sp³-hybridized carbons (Fsp3) is 0.688. The molecule has 3 atom stereocenters. The number of methoxy groups -OCH3 is 1. The highest BCUT2D eigenvalue weighted by Gasteiger charge is 2.59. The van der Waals surface area contributed by atoms with E-state index in [1.54, 1.807) is 13.3 Å². The Morgan fingerprint density at radius 3 is 2.79 bits per heavy atom. The molecule has 1 aromatic heterocycles. The van der Waals surface area contributed by atoms with Crippen LogP contribution in [-0.4, -0.2) is 18.1 Å². The number of nitrogens with one attached hydrogen (secondary N) is 1. The van der Waals surface area contributed by atoms with Crippen LogP contribution >= 0.6 is 0 Å². The van der Waals surface area contributed by atoms with Gasteiger partial charge in [0.25, 0.3) is 0 Å². The number of nitrogens with zero attached hydrogens (tertiary/aromatic N) is 1. The second-order valence-corrected chi connectivity index (χ2v) is 7.05. The Morgan fingerprint density at radius 2 is 2.16 bits per heavy atom. The number of rotatable bonds is 3. The van der Waals surface area contributed by atoms with E-state index in [-0.39, 0.29) is 0 Å². The summed E-state index contributed by atoms with van der Waals surface area (Å²) in [6.07, 6.45) is 5.84. The first-order chi connectivity index (χ1) is 8.97. The summed E-state index contributed by atoms with van der Waals surface area (Å²) in [5.41, 5.74) is 1.78. The van der Waals surface area contributed by atoms with Gasteiger partial charge < -0.3 is 10.1 Å². The molecule has 1 heterocycles. The molecule has 3 nitrogen and oxygen atoms in total. The standard InChI is InChI=1S/C16H24N2O/c1-15(2)11-7-8-16(3,10-11)14(15)18-12-6-5-9-17-13(12)19-4/h5-6,9,11,14,18H,7-8,10H2,1-4H3/t11-,14?,16+/m0/s1. The molecule has 0 saturated heterocycles. The molecule has 0 aromatic carbocycles. The van der Waals surface area contributed by atoms with E-state index in [4.69, 9.17) is 4.74 Å². The van der Waals surface area contributed by atoms with Crippen LogP contribution in [0.3, 0.4) is 0 Å². The van der Waals surface area contributed by atoms with Crippen LogP contribution in [-0.2, 0) is 0 Å². The van der Waals surface area contributed by atoms with E-state index < -0.39 is 0 Å². The smallest absolute Gasteiger partial charge is 0.237 e. The second kappa shape index (κ2) is 4.12. The minimum Gasteiger partial charge on any atom is -0.480 e. The maximum atomic E-state index is 5.36. The summed E-state index contributed by atoms with van der Waals surface area (Å²) in [7, 11) is 1.68. The molecular weight excluding hydrogens is 236 g/mol. The van der Waals surface area contributed by atoms with Gasteiger partial charge in [-0.15, -0.1) is 0 Å². The fourth-order valence-corrected chi connectivity index (χ4v) is 4.48. The normalized spacial score (nSPS) is 35.4. The predicted octanol–water partition coefficient (Wildman–Crippen LogP) is 3.72. The van der Waals surface area contributed by atoms with Gasteiger partial charge in [-0.05, 0) is 48.1 Å². The van der Waals surface area contributed by atoms with Gasteiger partial charge in [-0.2, -0.15) is 0 Å². The van der Waals surface area contributed by atoms with Gasteiger partial charge in [-0.3, -0.25) is 0 Å². The minimum atomic E-state index is 0.341. The average molecular weight is 260 g/mol. The second-order valence-electron chi connectivity index (χ2n) is 7.05. The molecule has 1 unspecified atom stereocenters. The van der Waals surface area contributed by atoms with Crippen molar-refractivity contribution in [1.82, 2.24) is 4.98 Å². The maximum absolute atomic E-state index is 5.36. The number of fused-ring (bicyclic) bond motifs is 2. The van der Waals surface area contributed by atoms with E-state index in [0.29, 0.717) is 22.8 Å². The average Bonchev–Trinajstić information content (AvgIpc) is 2.86. The largest absolute Gasteiger partial charge is 0.480 e. The van der Waals surface area contributed by atoms with Crippen molar-refractivity contribution in [3.05, 3.63) is 18.3 Å². The summed E-state index contributed by atoms with van der Waals surface area (Å²) in [5.74, 6) is 1.54. The van der Waals surface area contributed by atoms with Crippen LogP contribution in [0.5, 0.6) is 5.88 Å². The number of pyridine rings is 1. The van der Waals surface area contributed by atoms with Crippen LogP contribution < -0.4 is 10.1 Å². The molecule has 3 rings (SSSR count). The highest BCUT2D eigenvalue weighted by atomic mass is 16.5. The van der Waals surface area contributed by atoms with Crippen molar-refractivity contribution in [1.29, 1.82) is 0 Å². The van der Waals surface area contributed by atoms with Crippen LogP contribution in [0.1, 0.15) is 40.0 Å². The Kier molecular flexibility index (Phi) is 2.77. The van der Waals surface area contributed by atoms with Crippen LogP contribution in [0, 0.1) is 16.7 Å². The quantitative estimate of drug-likeness (QED) is 0.899. The highest BCUT2D eigenvalue weighted by Crippen LogP contribution is 2.63. The summed E-state index contributed by atoms with van der Waals surface area (Å²) in [5, 5.41) is 3.74. The van der Waals surface area contributed by atoms with E-state index in [9.17, 15) is 0 Å². The Labute approximate surface area is 115 Å². The van der Waals surface area contributed by atoms with Crippen molar-refractivity contribution in [2.45, 2.75) is 46.1 Å². The topological polar surface area (TPSA) is 34.1 Å². The van der Waals surface area contributed by atoms with E-state index in [1.807, 2.05) is 6.07 Å². The summed E-state index contributed by atoms with van der Waals surface area (Å²) < 4.78 is 5.36. The van der Waals surface area contributed by atoms with Crippen LogP contribution in [0.2, 0.25) is 0 Å². The SMILES string of the molecule is COc1ncccc1NC1C(C)(C)[C@H]2CC[C@]1(C)C2. The molecule has 2 bridgehead atoms. The zero-order valence-electron chi connectivity index (χ0n) is 12.4. The van der Waals surface area contributed by atoms with Crippen LogP contribution in [0.15, 0.2) is 18.3 Å². The molecule has 2 fully saturated rings. The van der Waals surface area contributed by atoms with Crippen molar-refractivity contribution in [2.75, 3.05) is 12.4 Å². The first-order valence-corrected chi connectivity index (χ1v) is 7.23. The van der Waals surface area contributed by atoms with Gasteiger partial charge in [0.15, 0.2) is 0 Å². The zero-order valence-corrected chi connectivity index (χ0v) is 12.4. The molecule has 2 aliphatic rings. The van der Waals surface area contributed by atoms with Gasteiger partial charge in [-0.1, -0.05) is 20.8 Å². The molecule has 1 aromatic rings. The molecule has 0 spiro atoms. The van der Waals surface area contributed by atoms with Crippen molar-refractivity contribution in [2.24, 2.45) is 16.7 Å². The third-order valence-electron chi connectivity index (χ3n) is 5.53. The van der Waals surface area contributed by atoms with E-state index in [0.717, 1.165) is 11.6 Å². The first-order valence-electron chi connectivity index (χ1n) is 7.23. The molecule has 2 saturated carbocycles. The molecule has 104 valence electrons. The van der Waals surface area contributed by atoms with Crippen LogP contribution in [0.4, 0.5) is 5.69 Å². The third-order valence-corrected chi connectivity index (χ3v) is 5.53. The lowest BCUT2D eigenvalue weighted by Crippen LogP contribution is -2.45. The Bertz CT molecular complexity index is 481. The molecule has 0 amide bonds. The number of ether oxygens (including phenoxy) is 1. The Balaban J connectivity index is 1.90. The summed E-state index contributed by atoms with van der Waals surface area (Å²) in [6, 6.07) is 4.53. The zero-order chi connectivity index (χ0) is 13.7. The lowest BCUT2D eigenvalue weighted by atomic mass is 9.68. The molecule has 3 heteroatoms. The number of hydrogen-bond acceptors (Lipinski definition) is 3. The number of anilines is 1. The molecule has 1 N–H and O–H groups in total. The lowest BCUT2D eigenvalue weighted by Gasteiger charge is -2.43. The van der Waals surface area contributed by atoms with Crippen molar-refractivity contribution in [3.8, 4) is 5.88 Å². The summed E-state index contributed by atoms with van der Waals surface area (Å²) >= 11 is 0. The molecule has 0 aliphatic heterocycles. The lowest BCUT2D eigenvalue weighted by molar-refractivity contribution is 0.155. The van der Waals surface area contributed by atoms with Gasteiger partial charge in [-0.25, -0.2) is 4.98 Å². The van der Waals surface area contributed by atoms with E-state index >= 15 is 0 Å². The minimum absolute atomic E-state index is 0.341. The predicted molar refractivity (Wildman–Crippen MR) is 77.4 cm³/mol. The number of hydrogen-bond donors (Lipinski definition) is 1. The van der Waals surface area contributed by atoms with Gasteiger partial charge in [0.1, 0.15) is 0 Å². The van der Waals surface area contributed by atoms with Gasteiger partial charge in [0.2, 0.25) is 5.88 Å². The Hall–Kier alpha value is -1.25. The van der Waals surface area contributed by atoms with Crippen LogP contribution in [0.25, 0.3) is 0 Å². The van der Waals surface area contributed by atoms with E-state index in [1.165, 1.54) is 19.3 Å². The fourth-order valence-electron chi connectivity index (χ4n) is 4.48. The molecular formula is C16H24N2O. The monoisotopic (exact) mass is 260 g/mol. The van der Waals surface area contributed by atoms with Gasteiger partial charge in [0.05, 0.1) is 12.8 Å². The van der Waals surface area contributed by atoms with Gasteiger partial charge >= 0.3 is 0 Å². The van der Waals surface area contributed by atoms with Crippen molar-refractivity contribution in [3.63, 3.8) is 0 Å².